The number of carbonyl (C=O) groups is 2. The largest absolute Gasteiger partial charge is 0.342 e. The topological polar surface area (TPSA) is 50.3 Å². The lowest BCUT2D eigenvalue weighted by atomic mass is 10.2. The average molecular weight is 278 g/mol. The monoisotopic (exact) mass is 278 g/mol. The SMILES string of the molecule is CCC(=O)c1ccc(SCC(=O)N2CCCC2)cn1. The lowest BCUT2D eigenvalue weighted by molar-refractivity contribution is -0.127. The molecule has 4 nitrogen and oxygen atoms in total. The van der Waals surface area contributed by atoms with Crippen LogP contribution in [0, 0.1) is 0 Å². The number of aromatic nitrogens is 1. The quantitative estimate of drug-likeness (QED) is 0.613. The summed E-state index contributed by atoms with van der Waals surface area (Å²) in [6, 6.07) is 3.59. The number of hydrogen-bond acceptors (Lipinski definition) is 4. The minimum atomic E-state index is 0.0460. The van der Waals surface area contributed by atoms with Crippen molar-refractivity contribution in [2.75, 3.05) is 18.8 Å². The molecule has 2 rings (SSSR count). The minimum absolute atomic E-state index is 0.0460. The number of likely N-dealkylation sites (tertiary alicyclic amines) is 1. The van der Waals surface area contributed by atoms with Gasteiger partial charge in [-0.1, -0.05) is 6.92 Å². The molecule has 1 aliphatic heterocycles. The number of ketones is 1. The second-order valence-electron chi connectivity index (χ2n) is 4.53. The molecule has 0 atom stereocenters. The number of Topliss-reactive ketones (excluding diaryl/α,β-unsaturated/α-hetero) is 1. The maximum absolute atomic E-state index is 11.9. The van der Waals surface area contributed by atoms with E-state index in [4.69, 9.17) is 0 Å². The molecular formula is C14H18N2O2S. The molecule has 1 amide bonds. The van der Waals surface area contributed by atoms with Gasteiger partial charge in [-0.3, -0.25) is 14.6 Å². The van der Waals surface area contributed by atoms with Crippen molar-refractivity contribution >= 4 is 23.5 Å². The molecule has 0 spiro atoms. The van der Waals surface area contributed by atoms with Crippen LogP contribution in [0.3, 0.4) is 0 Å². The molecule has 1 aliphatic rings. The first-order chi connectivity index (χ1) is 9.20. The third-order valence-electron chi connectivity index (χ3n) is 3.16. The Morgan fingerprint density at radius 2 is 2.05 bits per heavy atom. The Labute approximate surface area is 117 Å². The molecule has 0 aliphatic carbocycles. The highest BCUT2D eigenvalue weighted by Crippen LogP contribution is 2.19. The molecule has 0 radical (unpaired) electrons. The van der Waals surface area contributed by atoms with Gasteiger partial charge in [0, 0.05) is 30.6 Å². The fourth-order valence-corrected chi connectivity index (χ4v) is 2.78. The standard InChI is InChI=1S/C14H18N2O2S/c1-2-13(17)12-6-5-11(9-15-12)19-10-14(18)16-7-3-4-8-16/h5-6,9H,2-4,7-8,10H2,1H3. The van der Waals surface area contributed by atoms with Gasteiger partial charge in [-0.05, 0) is 25.0 Å². The van der Waals surface area contributed by atoms with Gasteiger partial charge in [-0.2, -0.15) is 0 Å². The molecule has 1 aromatic rings. The van der Waals surface area contributed by atoms with Gasteiger partial charge in [0.25, 0.3) is 0 Å². The number of amides is 1. The van der Waals surface area contributed by atoms with E-state index < -0.39 is 0 Å². The first-order valence-corrected chi connectivity index (χ1v) is 7.59. The highest BCUT2D eigenvalue weighted by atomic mass is 32.2. The first kappa shape index (κ1) is 14.1. The number of hydrogen-bond donors (Lipinski definition) is 0. The van der Waals surface area contributed by atoms with Crippen LogP contribution in [0.4, 0.5) is 0 Å². The van der Waals surface area contributed by atoms with Gasteiger partial charge < -0.3 is 4.90 Å². The van der Waals surface area contributed by atoms with Crippen LogP contribution >= 0.6 is 11.8 Å². The predicted molar refractivity (Wildman–Crippen MR) is 75.4 cm³/mol. The summed E-state index contributed by atoms with van der Waals surface area (Å²) in [6.45, 7) is 3.60. The van der Waals surface area contributed by atoms with Crippen molar-refractivity contribution in [3.8, 4) is 0 Å². The Bertz CT molecular complexity index is 453. The zero-order valence-electron chi connectivity index (χ0n) is 11.1. The van der Waals surface area contributed by atoms with E-state index in [9.17, 15) is 9.59 Å². The average Bonchev–Trinajstić information content (AvgIpc) is 2.98. The zero-order chi connectivity index (χ0) is 13.7. The number of carbonyl (C=O) groups excluding carboxylic acids is 2. The number of thioether (sulfide) groups is 1. The molecule has 5 heteroatoms. The Hall–Kier alpha value is -1.36. The van der Waals surface area contributed by atoms with Crippen LogP contribution in [0.25, 0.3) is 0 Å². The second kappa shape index (κ2) is 6.70. The summed E-state index contributed by atoms with van der Waals surface area (Å²) in [6.07, 6.45) is 4.37. The molecule has 0 unspecified atom stereocenters. The van der Waals surface area contributed by atoms with Gasteiger partial charge >= 0.3 is 0 Å². The van der Waals surface area contributed by atoms with Crippen LogP contribution in [0.1, 0.15) is 36.7 Å². The van der Waals surface area contributed by atoms with E-state index in [2.05, 4.69) is 4.98 Å². The summed E-state index contributed by atoms with van der Waals surface area (Å²) in [5.74, 6) is 0.684. The molecule has 19 heavy (non-hydrogen) atoms. The smallest absolute Gasteiger partial charge is 0.232 e. The summed E-state index contributed by atoms with van der Waals surface area (Å²) in [5.41, 5.74) is 0.498. The molecule has 1 fully saturated rings. The van der Waals surface area contributed by atoms with Crippen molar-refractivity contribution in [3.05, 3.63) is 24.0 Å². The second-order valence-corrected chi connectivity index (χ2v) is 5.58. The van der Waals surface area contributed by atoms with Crippen molar-refractivity contribution in [2.45, 2.75) is 31.1 Å². The van der Waals surface area contributed by atoms with E-state index in [0.717, 1.165) is 30.8 Å². The highest BCUT2D eigenvalue weighted by Gasteiger charge is 2.17. The van der Waals surface area contributed by atoms with Crippen LogP contribution < -0.4 is 0 Å². The molecule has 1 saturated heterocycles. The van der Waals surface area contributed by atoms with Gasteiger partial charge in [-0.15, -0.1) is 11.8 Å². The van der Waals surface area contributed by atoms with Crippen LogP contribution in [-0.4, -0.2) is 40.4 Å². The number of pyridine rings is 1. The van der Waals surface area contributed by atoms with E-state index in [-0.39, 0.29) is 11.7 Å². The van der Waals surface area contributed by atoms with Crippen molar-refractivity contribution in [1.82, 2.24) is 9.88 Å². The third kappa shape index (κ3) is 3.80. The van der Waals surface area contributed by atoms with Crippen LogP contribution in [0.5, 0.6) is 0 Å². The summed E-state index contributed by atoms with van der Waals surface area (Å²) in [4.78, 5) is 30.3. The molecule has 0 N–H and O–H groups in total. The minimum Gasteiger partial charge on any atom is -0.342 e. The third-order valence-corrected chi connectivity index (χ3v) is 4.13. The van der Waals surface area contributed by atoms with Gasteiger partial charge in [0.15, 0.2) is 5.78 Å². The zero-order valence-corrected chi connectivity index (χ0v) is 11.9. The molecule has 102 valence electrons. The lowest BCUT2D eigenvalue weighted by Crippen LogP contribution is -2.29. The molecule has 0 aromatic carbocycles. The Morgan fingerprint density at radius 3 is 2.63 bits per heavy atom. The fourth-order valence-electron chi connectivity index (χ4n) is 2.01. The van der Waals surface area contributed by atoms with Gasteiger partial charge in [0.05, 0.1) is 5.75 Å². The summed E-state index contributed by atoms with van der Waals surface area (Å²) >= 11 is 1.48. The summed E-state index contributed by atoms with van der Waals surface area (Å²) < 4.78 is 0. The fraction of sp³-hybridized carbons (Fsp3) is 0.500. The number of nitrogens with zero attached hydrogens (tertiary/aromatic N) is 2. The molecular weight excluding hydrogens is 260 g/mol. The Morgan fingerprint density at radius 1 is 1.32 bits per heavy atom. The van der Waals surface area contributed by atoms with E-state index in [1.54, 1.807) is 12.3 Å². The summed E-state index contributed by atoms with van der Waals surface area (Å²) in [7, 11) is 0. The van der Waals surface area contributed by atoms with E-state index in [0.29, 0.717) is 17.9 Å². The summed E-state index contributed by atoms with van der Waals surface area (Å²) in [5, 5.41) is 0. The van der Waals surface area contributed by atoms with Crippen LogP contribution in [-0.2, 0) is 4.79 Å². The molecule has 0 saturated carbocycles. The Kier molecular flexibility index (Phi) is 4.96. The van der Waals surface area contributed by atoms with Crippen molar-refractivity contribution < 1.29 is 9.59 Å². The Balaban J connectivity index is 1.85. The first-order valence-electron chi connectivity index (χ1n) is 6.60. The van der Waals surface area contributed by atoms with Crippen LogP contribution in [0.15, 0.2) is 23.2 Å². The lowest BCUT2D eigenvalue weighted by Gasteiger charge is -2.14. The predicted octanol–water partition coefficient (Wildman–Crippen LogP) is 2.39. The van der Waals surface area contributed by atoms with Gasteiger partial charge in [-0.25, -0.2) is 0 Å². The molecule has 2 heterocycles. The van der Waals surface area contributed by atoms with Crippen LogP contribution in [0.2, 0.25) is 0 Å². The highest BCUT2D eigenvalue weighted by molar-refractivity contribution is 8.00. The number of rotatable bonds is 5. The maximum Gasteiger partial charge on any atom is 0.232 e. The normalized spacial score (nSPS) is 14.7. The van der Waals surface area contributed by atoms with Gasteiger partial charge in [0.1, 0.15) is 5.69 Å². The van der Waals surface area contributed by atoms with E-state index in [1.165, 1.54) is 11.8 Å². The molecule has 0 bridgehead atoms. The molecule has 1 aromatic heterocycles. The van der Waals surface area contributed by atoms with E-state index in [1.807, 2.05) is 17.9 Å². The maximum atomic E-state index is 11.9. The van der Waals surface area contributed by atoms with Crippen molar-refractivity contribution in [1.29, 1.82) is 0 Å². The van der Waals surface area contributed by atoms with Gasteiger partial charge in [0.2, 0.25) is 5.91 Å². The van der Waals surface area contributed by atoms with Crippen molar-refractivity contribution in [2.24, 2.45) is 0 Å². The van der Waals surface area contributed by atoms with E-state index >= 15 is 0 Å². The van der Waals surface area contributed by atoms with Crippen molar-refractivity contribution in [3.63, 3.8) is 0 Å².